The van der Waals surface area contributed by atoms with Crippen molar-refractivity contribution in [2.24, 2.45) is 17.8 Å². The van der Waals surface area contributed by atoms with Gasteiger partial charge in [0, 0.05) is 24.6 Å². The van der Waals surface area contributed by atoms with E-state index in [2.05, 4.69) is 42.0 Å². The van der Waals surface area contributed by atoms with Crippen LogP contribution in [0, 0.1) is 29.1 Å². The van der Waals surface area contributed by atoms with Crippen molar-refractivity contribution in [3.05, 3.63) is 53.3 Å². The molecule has 0 amide bonds. The normalized spacial score (nSPS) is 25.5. The molecule has 5 heteroatoms. The van der Waals surface area contributed by atoms with E-state index in [1.54, 1.807) is 6.20 Å². The van der Waals surface area contributed by atoms with Crippen LogP contribution in [-0.4, -0.2) is 15.0 Å². The number of aryl methyl sites for hydroxylation is 1. The molecule has 0 radical (unpaired) electrons. The molecule has 0 bridgehead atoms. The summed E-state index contributed by atoms with van der Waals surface area (Å²) in [5.74, 6) is 2.62. The van der Waals surface area contributed by atoms with Crippen molar-refractivity contribution in [2.75, 3.05) is 0 Å². The van der Waals surface area contributed by atoms with Crippen molar-refractivity contribution >= 4 is 0 Å². The number of aromatic nitrogens is 3. The highest BCUT2D eigenvalue weighted by Crippen LogP contribution is 2.37. The van der Waals surface area contributed by atoms with Crippen LogP contribution < -0.4 is 0 Å². The summed E-state index contributed by atoms with van der Waals surface area (Å²) in [6.45, 7) is 4.32. The molecule has 2 heterocycles. The fraction of sp³-hybridized carbons (Fsp3) is 0.429. The zero-order valence-electron chi connectivity index (χ0n) is 15.1. The zero-order chi connectivity index (χ0) is 18.1. The summed E-state index contributed by atoms with van der Waals surface area (Å²) in [6.07, 6.45) is 11.6. The van der Waals surface area contributed by atoms with E-state index in [1.165, 1.54) is 11.9 Å². The Bertz CT molecular complexity index is 904. The van der Waals surface area contributed by atoms with Crippen LogP contribution in [0.5, 0.6) is 0 Å². The Morgan fingerprint density at radius 3 is 2.96 bits per heavy atom. The summed E-state index contributed by atoms with van der Waals surface area (Å²) in [4.78, 5) is 12.9. The summed E-state index contributed by atoms with van der Waals surface area (Å²) < 4.78 is 6.00. The number of fused-ring (bicyclic) bond motifs is 1. The van der Waals surface area contributed by atoms with Crippen LogP contribution >= 0.6 is 0 Å². The van der Waals surface area contributed by atoms with Gasteiger partial charge in [0.1, 0.15) is 17.8 Å². The average molecular weight is 346 g/mol. The molecule has 0 N–H and O–H groups in total. The van der Waals surface area contributed by atoms with Crippen LogP contribution in [0.1, 0.15) is 38.1 Å². The summed E-state index contributed by atoms with van der Waals surface area (Å²) in [5.41, 5.74) is 3.92. The molecule has 0 aromatic carbocycles. The van der Waals surface area contributed by atoms with E-state index in [1.807, 2.05) is 6.07 Å². The Kier molecular flexibility index (Phi) is 4.42. The van der Waals surface area contributed by atoms with E-state index in [4.69, 9.17) is 9.40 Å². The molecular formula is C21H22N4O. The quantitative estimate of drug-likeness (QED) is 0.758. The number of rotatable bonds is 2. The Morgan fingerprint density at radius 1 is 1.31 bits per heavy atom. The minimum atomic E-state index is 0.293. The first-order chi connectivity index (χ1) is 12.7. The monoisotopic (exact) mass is 346 g/mol. The number of oxazole rings is 1. The van der Waals surface area contributed by atoms with Crippen molar-refractivity contribution in [1.29, 1.82) is 5.26 Å². The van der Waals surface area contributed by atoms with Crippen LogP contribution in [-0.2, 0) is 12.8 Å². The maximum atomic E-state index is 9.45. The van der Waals surface area contributed by atoms with Crippen LogP contribution in [0.3, 0.4) is 0 Å². The van der Waals surface area contributed by atoms with Gasteiger partial charge in [-0.15, -0.1) is 0 Å². The lowest BCUT2D eigenvalue weighted by atomic mass is 9.78. The van der Waals surface area contributed by atoms with Crippen LogP contribution in [0.2, 0.25) is 0 Å². The highest BCUT2D eigenvalue weighted by atomic mass is 16.4. The van der Waals surface area contributed by atoms with Crippen molar-refractivity contribution in [2.45, 2.75) is 39.5 Å². The molecule has 26 heavy (non-hydrogen) atoms. The molecule has 2 aliphatic carbocycles. The third kappa shape index (κ3) is 3.08. The van der Waals surface area contributed by atoms with Gasteiger partial charge >= 0.3 is 0 Å². The van der Waals surface area contributed by atoms with Crippen molar-refractivity contribution < 1.29 is 4.42 Å². The second-order valence-electron chi connectivity index (χ2n) is 7.30. The standard InChI is InChI=1S/C21H22N4O/c1-13-8-16(9-17(11-22)14(13)2)15-4-3-5-20-19(10-15)25-21(26-20)18-6-7-23-12-24-18/h6-9,12-15H,3-5,10H2,1-2H3. The van der Waals surface area contributed by atoms with Gasteiger partial charge in [0.15, 0.2) is 0 Å². The van der Waals surface area contributed by atoms with E-state index in [0.29, 0.717) is 23.6 Å². The maximum Gasteiger partial charge on any atom is 0.245 e. The highest BCUT2D eigenvalue weighted by molar-refractivity contribution is 5.47. The smallest absolute Gasteiger partial charge is 0.245 e. The molecule has 0 aliphatic heterocycles. The van der Waals surface area contributed by atoms with E-state index in [9.17, 15) is 5.26 Å². The number of allylic oxidation sites excluding steroid dienone is 4. The second kappa shape index (κ2) is 6.87. The fourth-order valence-electron chi connectivity index (χ4n) is 3.87. The molecule has 132 valence electrons. The van der Waals surface area contributed by atoms with E-state index in [-0.39, 0.29) is 0 Å². The molecule has 0 saturated carbocycles. The lowest BCUT2D eigenvalue weighted by molar-refractivity contribution is 0.487. The first-order valence-corrected chi connectivity index (χ1v) is 9.24. The van der Waals surface area contributed by atoms with Gasteiger partial charge in [-0.05, 0) is 48.3 Å². The number of nitriles is 1. The minimum Gasteiger partial charge on any atom is -0.440 e. The van der Waals surface area contributed by atoms with Gasteiger partial charge in [-0.1, -0.05) is 19.9 Å². The second-order valence-corrected chi connectivity index (χ2v) is 7.30. The molecule has 0 fully saturated rings. The van der Waals surface area contributed by atoms with Gasteiger partial charge < -0.3 is 4.42 Å². The Hall–Kier alpha value is -2.74. The topological polar surface area (TPSA) is 75.6 Å². The Balaban J connectivity index is 1.63. The Morgan fingerprint density at radius 2 is 2.19 bits per heavy atom. The number of nitrogens with zero attached hydrogens (tertiary/aromatic N) is 4. The summed E-state index contributed by atoms with van der Waals surface area (Å²) in [7, 11) is 0. The fourth-order valence-corrected chi connectivity index (χ4v) is 3.87. The van der Waals surface area contributed by atoms with Gasteiger partial charge in [-0.2, -0.15) is 5.26 Å². The van der Waals surface area contributed by atoms with E-state index in [0.717, 1.165) is 48.4 Å². The third-order valence-corrected chi connectivity index (χ3v) is 5.63. The summed E-state index contributed by atoms with van der Waals surface area (Å²) in [5, 5.41) is 9.45. The van der Waals surface area contributed by atoms with Gasteiger partial charge in [-0.3, -0.25) is 0 Å². The first kappa shape index (κ1) is 16.7. The molecule has 2 aromatic rings. The third-order valence-electron chi connectivity index (χ3n) is 5.63. The number of hydrogen-bond acceptors (Lipinski definition) is 5. The van der Waals surface area contributed by atoms with Crippen molar-refractivity contribution in [3.8, 4) is 17.7 Å². The van der Waals surface area contributed by atoms with Gasteiger partial charge in [0.05, 0.1) is 11.8 Å². The van der Waals surface area contributed by atoms with Gasteiger partial charge in [0.2, 0.25) is 5.89 Å². The predicted octanol–water partition coefficient (Wildman–Crippen LogP) is 4.29. The minimum absolute atomic E-state index is 0.293. The maximum absolute atomic E-state index is 9.45. The first-order valence-electron chi connectivity index (χ1n) is 9.24. The largest absolute Gasteiger partial charge is 0.440 e. The predicted molar refractivity (Wildman–Crippen MR) is 97.8 cm³/mol. The molecule has 3 atom stereocenters. The molecule has 0 spiro atoms. The van der Waals surface area contributed by atoms with Gasteiger partial charge in [-0.25, -0.2) is 15.0 Å². The molecule has 2 aliphatic rings. The van der Waals surface area contributed by atoms with E-state index >= 15 is 0 Å². The van der Waals surface area contributed by atoms with Crippen molar-refractivity contribution in [1.82, 2.24) is 15.0 Å². The zero-order valence-corrected chi connectivity index (χ0v) is 15.1. The van der Waals surface area contributed by atoms with Crippen LogP contribution in [0.15, 0.2) is 46.3 Å². The molecule has 0 saturated heterocycles. The van der Waals surface area contributed by atoms with Crippen molar-refractivity contribution in [3.63, 3.8) is 0 Å². The average Bonchev–Trinajstić information content (AvgIpc) is 2.96. The van der Waals surface area contributed by atoms with Crippen LogP contribution in [0.4, 0.5) is 0 Å². The SMILES string of the molecule is CC1C=C(C2CCCc3oc(-c4ccncn4)nc3C2)C=C(C#N)C1C. The summed E-state index contributed by atoms with van der Waals surface area (Å²) in [6, 6.07) is 4.20. The molecule has 5 nitrogen and oxygen atoms in total. The Labute approximate surface area is 153 Å². The summed E-state index contributed by atoms with van der Waals surface area (Å²) >= 11 is 0. The lowest BCUT2D eigenvalue weighted by Crippen LogP contribution is -2.17. The molecule has 3 unspecified atom stereocenters. The molecular weight excluding hydrogens is 324 g/mol. The van der Waals surface area contributed by atoms with Gasteiger partial charge in [0.25, 0.3) is 0 Å². The lowest BCUT2D eigenvalue weighted by Gasteiger charge is -2.26. The van der Waals surface area contributed by atoms with Crippen LogP contribution in [0.25, 0.3) is 11.6 Å². The number of hydrogen-bond donors (Lipinski definition) is 0. The molecule has 4 rings (SSSR count). The van der Waals surface area contributed by atoms with E-state index < -0.39 is 0 Å². The highest BCUT2D eigenvalue weighted by Gasteiger charge is 2.28. The molecule has 2 aromatic heterocycles.